The second-order valence-corrected chi connectivity index (χ2v) is 6.56. The molecule has 120 valence electrons. The Kier molecular flexibility index (Phi) is 4.65. The van der Waals surface area contributed by atoms with Crippen molar-refractivity contribution in [2.24, 2.45) is 5.92 Å². The molecule has 1 N–H and O–H groups in total. The van der Waals surface area contributed by atoms with Gasteiger partial charge in [-0.1, -0.05) is 24.6 Å². The van der Waals surface area contributed by atoms with Crippen molar-refractivity contribution in [1.82, 2.24) is 0 Å². The van der Waals surface area contributed by atoms with E-state index in [1.54, 1.807) is 0 Å². The quantitative estimate of drug-likeness (QED) is 0.906. The fraction of sp³-hybridized carbons (Fsp3) is 0.350. The standard InChI is InChI=1S/C20H24N2O/c1-15-5-3-7-17(13-15)20(23)21-18-8-10-19(11-9-18)22-12-4-6-16(2)14-22/h3,5,7-11,13,16H,4,6,12,14H2,1-2H3,(H,21,23). The smallest absolute Gasteiger partial charge is 0.255 e. The zero-order chi connectivity index (χ0) is 16.2. The van der Waals surface area contributed by atoms with E-state index in [1.165, 1.54) is 18.5 Å². The molecule has 1 atom stereocenters. The molecule has 0 aromatic heterocycles. The summed E-state index contributed by atoms with van der Waals surface area (Å²) in [5.74, 6) is 0.692. The zero-order valence-electron chi connectivity index (χ0n) is 13.9. The molecule has 1 saturated heterocycles. The van der Waals surface area contributed by atoms with Crippen LogP contribution in [0.1, 0.15) is 35.7 Å². The summed E-state index contributed by atoms with van der Waals surface area (Å²) in [4.78, 5) is 14.7. The number of nitrogens with zero attached hydrogens (tertiary/aromatic N) is 1. The van der Waals surface area contributed by atoms with Gasteiger partial charge in [0.1, 0.15) is 0 Å². The topological polar surface area (TPSA) is 32.3 Å². The van der Waals surface area contributed by atoms with Gasteiger partial charge in [-0.3, -0.25) is 4.79 Å². The summed E-state index contributed by atoms with van der Waals surface area (Å²) in [5, 5.41) is 2.97. The molecule has 2 aromatic rings. The molecule has 1 unspecified atom stereocenters. The summed E-state index contributed by atoms with van der Waals surface area (Å²) in [6.07, 6.45) is 2.58. The third-order valence-electron chi connectivity index (χ3n) is 4.43. The third-order valence-corrected chi connectivity index (χ3v) is 4.43. The first-order valence-electron chi connectivity index (χ1n) is 8.35. The summed E-state index contributed by atoms with van der Waals surface area (Å²) in [6.45, 7) is 6.54. The monoisotopic (exact) mass is 308 g/mol. The van der Waals surface area contributed by atoms with E-state index in [9.17, 15) is 4.79 Å². The van der Waals surface area contributed by atoms with Crippen LogP contribution in [0.2, 0.25) is 0 Å². The number of rotatable bonds is 3. The highest BCUT2D eigenvalue weighted by Crippen LogP contribution is 2.24. The van der Waals surface area contributed by atoms with Crippen molar-refractivity contribution < 1.29 is 4.79 Å². The number of hydrogen-bond donors (Lipinski definition) is 1. The molecular formula is C20H24N2O. The molecule has 0 radical (unpaired) electrons. The summed E-state index contributed by atoms with van der Waals surface area (Å²) < 4.78 is 0. The Hall–Kier alpha value is -2.29. The predicted octanol–water partition coefficient (Wildman–Crippen LogP) is 4.48. The van der Waals surface area contributed by atoms with Crippen LogP contribution in [0.15, 0.2) is 48.5 Å². The number of aryl methyl sites for hydroxylation is 1. The second-order valence-electron chi connectivity index (χ2n) is 6.56. The minimum atomic E-state index is -0.0620. The summed E-state index contributed by atoms with van der Waals surface area (Å²) in [6, 6.07) is 15.8. The molecular weight excluding hydrogens is 284 g/mol. The van der Waals surface area contributed by atoms with Crippen molar-refractivity contribution in [3.05, 3.63) is 59.7 Å². The molecule has 3 rings (SSSR count). The molecule has 0 spiro atoms. The lowest BCUT2D eigenvalue weighted by atomic mass is 10.00. The predicted molar refractivity (Wildman–Crippen MR) is 96.2 cm³/mol. The number of benzene rings is 2. The minimum Gasteiger partial charge on any atom is -0.371 e. The molecule has 2 aromatic carbocycles. The Bertz CT molecular complexity index is 678. The van der Waals surface area contributed by atoms with Gasteiger partial charge in [0.05, 0.1) is 0 Å². The van der Waals surface area contributed by atoms with E-state index in [0.29, 0.717) is 5.56 Å². The van der Waals surface area contributed by atoms with Crippen molar-refractivity contribution >= 4 is 17.3 Å². The fourth-order valence-electron chi connectivity index (χ4n) is 3.17. The second kappa shape index (κ2) is 6.86. The number of hydrogen-bond acceptors (Lipinski definition) is 2. The Balaban J connectivity index is 1.66. The number of carbonyl (C=O) groups is 1. The fourth-order valence-corrected chi connectivity index (χ4v) is 3.17. The summed E-state index contributed by atoms with van der Waals surface area (Å²) >= 11 is 0. The number of amides is 1. The normalized spacial score (nSPS) is 17.8. The maximum atomic E-state index is 12.3. The first kappa shape index (κ1) is 15.6. The van der Waals surface area contributed by atoms with E-state index in [1.807, 2.05) is 43.3 Å². The van der Waals surface area contributed by atoms with Gasteiger partial charge < -0.3 is 10.2 Å². The number of nitrogens with one attached hydrogen (secondary N) is 1. The summed E-state index contributed by atoms with van der Waals surface area (Å²) in [5.41, 5.74) is 3.86. The van der Waals surface area contributed by atoms with E-state index in [0.717, 1.165) is 30.3 Å². The van der Waals surface area contributed by atoms with Crippen LogP contribution in [0.4, 0.5) is 11.4 Å². The van der Waals surface area contributed by atoms with Gasteiger partial charge in [-0.25, -0.2) is 0 Å². The number of anilines is 2. The Morgan fingerprint density at radius 2 is 1.96 bits per heavy atom. The minimum absolute atomic E-state index is 0.0620. The van der Waals surface area contributed by atoms with Gasteiger partial charge in [0, 0.05) is 30.0 Å². The highest BCUT2D eigenvalue weighted by Gasteiger charge is 2.16. The zero-order valence-corrected chi connectivity index (χ0v) is 13.9. The molecule has 1 heterocycles. The van der Waals surface area contributed by atoms with Crippen LogP contribution in [0.3, 0.4) is 0 Å². The summed E-state index contributed by atoms with van der Waals surface area (Å²) in [7, 11) is 0. The molecule has 1 fully saturated rings. The SMILES string of the molecule is Cc1cccc(C(=O)Nc2ccc(N3CCCC(C)C3)cc2)c1. The lowest BCUT2D eigenvalue weighted by molar-refractivity contribution is 0.102. The van der Waals surface area contributed by atoms with Gasteiger partial charge in [-0.2, -0.15) is 0 Å². The average molecular weight is 308 g/mol. The lowest BCUT2D eigenvalue weighted by Crippen LogP contribution is -2.34. The first-order chi connectivity index (χ1) is 11.1. The molecule has 3 heteroatoms. The molecule has 0 bridgehead atoms. The molecule has 1 aliphatic rings. The first-order valence-corrected chi connectivity index (χ1v) is 8.35. The average Bonchev–Trinajstić information content (AvgIpc) is 2.55. The maximum absolute atomic E-state index is 12.3. The van der Waals surface area contributed by atoms with Crippen molar-refractivity contribution in [2.75, 3.05) is 23.3 Å². The largest absolute Gasteiger partial charge is 0.371 e. The lowest BCUT2D eigenvalue weighted by Gasteiger charge is -2.32. The molecule has 1 amide bonds. The van der Waals surface area contributed by atoms with Crippen molar-refractivity contribution in [2.45, 2.75) is 26.7 Å². The Morgan fingerprint density at radius 3 is 2.65 bits per heavy atom. The van der Waals surface area contributed by atoms with Gasteiger partial charge >= 0.3 is 0 Å². The molecule has 0 saturated carbocycles. The Labute approximate surface area is 138 Å². The molecule has 0 aliphatic carbocycles. The van der Waals surface area contributed by atoms with Gasteiger partial charge in [-0.15, -0.1) is 0 Å². The Morgan fingerprint density at radius 1 is 1.17 bits per heavy atom. The van der Waals surface area contributed by atoms with Gasteiger partial charge in [0.25, 0.3) is 5.91 Å². The van der Waals surface area contributed by atoms with E-state index in [-0.39, 0.29) is 5.91 Å². The third kappa shape index (κ3) is 3.92. The van der Waals surface area contributed by atoms with Gasteiger partial charge in [-0.05, 0) is 62.1 Å². The molecule has 23 heavy (non-hydrogen) atoms. The van der Waals surface area contributed by atoms with Crippen LogP contribution in [-0.4, -0.2) is 19.0 Å². The molecule has 1 aliphatic heterocycles. The van der Waals surface area contributed by atoms with Gasteiger partial charge in [0.2, 0.25) is 0 Å². The maximum Gasteiger partial charge on any atom is 0.255 e. The molecule has 3 nitrogen and oxygen atoms in total. The van der Waals surface area contributed by atoms with Crippen molar-refractivity contribution in [1.29, 1.82) is 0 Å². The highest BCUT2D eigenvalue weighted by molar-refractivity contribution is 6.04. The van der Waals surface area contributed by atoms with Crippen molar-refractivity contribution in [3.63, 3.8) is 0 Å². The van der Waals surface area contributed by atoms with Crippen LogP contribution >= 0.6 is 0 Å². The van der Waals surface area contributed by atoms with E-state index in [2.05, 4.69) is 29.3 Å². The van der Waals surface area contributed by atoms with Crippen LogP contribution in [-0.2, 0) is 0 Å². The van der Waals surface area contributed by atoms with Gasteiger partial charge in [0.15, 0.2) is 0 Å². The van der Waals surface area contributed by atoms with Crippen LogP contribution in [0.25, 0.3) is 0 Å². The van der Waals surface area contributed by atoms with Crippen LogP contribution < -0.4 is 10.2 Å². The van der Waals surface area contributed by atoms with E-state index in [4.69, 9.17) is 0 Å². The van der Waals surface area contributed by atoms with E-state index >= 15 is 0 Å². The van der Waals surface area contributed by atoms with E-state index < -0.39 is 0 Å². The van der Waals surface area contributed by atoms with Crippen molar-refractivity contribution in [3.8, 4) is 0 Å². The van der Waals surface area contributed by atoms with Crippen LogP contribution in [0.5, 0.6) is 0 Å². The number of carbonyl (C=O) groups excluding carboxylic acids is 1. The highest BCUT2D eigenvalue weighted by atomic mass is 16.1. The van der Waals surface area contributed by atoms with Crippen LogP contribution in [0, 0.1) is 12.8 Å². The number of piperidine rings is 1.